The molecule has 3 atom stereocenters. The maximum Gasteiger partial charge on any atom is 0.307 e. The topological polar surface area (TPSA) is 70.0 Å². The van der Waals surface area contributed by atoms with Crippen LogP contribution in [0, 0.1) is 0 Å². The zero-order valence-electron chi connectivity index (χ0n) is 9.22. The van der Waals surface area contributed by atoms with Gasteiger partial charge in [-0.25, -0.2) is 0 Å². The van der Waals surface area contributed by atoms with Crippen LogP contribution in [-0.4, -0.2) is 59.0 Å². The lowest BCUT2D eigenvalue weighted by atomic mass is 10.2. The van der Waals surface area contributed by atoms with Gasteiger partial charge in [0.25, 0.3) is 0 Å². The Kier molecular flexibility index (Phi) is 4.50. The Hall–Kier alpha value is -0.650. The molecule has 1 heterocycles. The Morgan fingerprint density at radius 2 is 2.00 bits per heavy atom. The van der Waals surface area contributed by atoms with Crippen molar-refractivity contribution in [1.29, 1.82) is 0 Å². The number of nitrogens with zero attached hydrogens (tertiary/aromatic N) is 1. The van der Waals surface area contributed by atoms with Gasteiger partial charge in [0, 0.05) is 19.1 Å². The number of carbonyl (C=O) groups excluding carboxylic acids is 1. The third kappa shape index (κ3) is 3.44. The van der Waals surface area contributed by atoms with E-state index in [4.69, 9.17) is 4.74 Å². The second-order valence-electron chi connectivity index (χ2n) is 3.95. The first-order valence-corrected chi connectivity index (χ1v) is 5.30. The molecule has 1 aliphatic heterocycles. The third-order valence-electron chi connectivity index (χ3n) is 2.68. The van der Waals surface area contributed by atoms with Crippen molar-refractivity contribution in [2.24, 2.45) is 0 Å². The summed E-state index contributed by atoms with van der Waals surface area (Å²) < 4.78 is 4.84. The van der Waals surface area contributed by atoms with Crippen LogP contribution in [0.1, 0.15) is 20.3 Å². The van der Waals surface area contributed by atoms with E-state index in [9.17, 15) is 15.0 Å². The minimum atomic E-state index is -0.699. The Morgan fingerprint density at radius 3 is 2.47 bits per heavy atom. The Balaban J connectivity index is 2.35. The Bertz CT molecular complexity index is 211. The standard InChI is InChI=1S/C10H19NO4/c1-3-15-10(14)4-7(2)11-5-8(12)9(13)6-11/h7-9,12-13H,3-6H2,1-2H3/t7?,8-,9+. The molecule has 0 aromatic carbocycles. The number of β-amino-alcohol motifs (C(OH)–C–C–N with tert-alkyl or cyclic N) is 2. The van der Waals surface area contributed by atoms with Crippen LogP contribution in [0.15, 0.2) is 0 Å². The van der Waals surface area contributed by atoms with E-state index in [1.165, 1.54) is 0 Å². The average molecular weight is 217 g/mol. The fourth-order valence-corrected chi connectivity index (χ4v) is 1.75. The zero-order valence-corrected chi connectivity index (χ0v) is 9.22. The van der Waals surface area contributed by atoms with E-state index < -0.39 is 12.2 Å². The fraction of sp³-hybridized carbons (Fsp3) is 0.900. The van der Waals surface area contributed by atoms with Crippen molar-refractivity contribution >= 4 is 5.97 Å². The van der Waals surface area contributed by atoms with E-state index >= 15 is 0 Å². The van der Waals surface area contributed by atoms with Crippen LogP contribution in [0.25, 0.3) is 0 Å². The third-order valence-corrected chi connectivity index (χ3v) is 2.68. The second-order valence-corrected chi connectivity index (χ2v) is 3.95. The highest BCUT2D eigenvalue weighted by Gasteiger charge is 2.32. The van der Waals surface area contributed by atoms with Crippen molar-refractivity contribution in [3.63, 3.8) is 0 Å². The molecule has 1 rings (SSSR count). The molecule has 1 aliphatic rings. The maximum atomic E-state index is 11.2. The van der Waals surface area contributed by atoms with Crippen LogP contribution in [0.5, 0.6) is 0 Å². The van der Waals surface area contributed by atoms with Crippen LogP contribution < -0.4 is 0 Å². The van der Waals surface area contributed by atoms with Crippen LogP contribution in [0.4, 0.5) is 0 Å². The summed E-state index contributed by atoms with van der Waals surface area (Å²) in [4.78, 5) is 13.1. The summed E-state index contributed by atoms with van der Waals surface area (Å²) in [6, 6.07) is -0.00384. The predicted octanol–water partition coefficient (Wildman–Crippen LogP) is -0.635. The number of aliphatic hydroxyl groups is 2. The molecule has 88 valence electrons. The van der Waals surface area contributed by atoms with Crippen molar-refractivity contribution in [3.05, 3.63) is 0 Å². The Labute approximate surface area is 89.6 Å². The summed E-state index contributed by atoms with van der Waals surface area (Å²) in [6.45, 7) is 4.88. The van der Waals surface area contributed by atoms with E-state index in [-0.39, 0.29) is 12.0 Å². The van der Waals surface area contributed by atoms with Gasteiger partial charge < -0.3 is 14.9 Å². The molecule has 0 aliphatic carbocycles. The van der Waals surface area contributed by atoms with E-state index in [0.717, 1.165) is 0 Å². The number of hydrogen-bond donors (Lipinski definition) is 2. The SMILES string of the molecule is CCOC(=O)CC(C)N1C[C@@H](O)[C@@H](O)C1. The van der Waals surface area contributed by atoms with Crippen LogP contribution in [-0.2, 0) is 9.53 Å². The minimum Gasteiger partial charge on any atom is -0.466 e. The van der Waals surface area contributed by atoms with Gasteiger partial charge in [0.1, 0.15) is 0 Å². The highest BCUT2D eigenvalue weighted by molar-refractivity contribution is 5.70. The summed E-state index contributed by atoms with van der Waals surface area (Å²) in [5.41, 5.74) is 0. The smallest absolute Gasteiger partial charge is 0.307 e. The quantitative estimate of drug-likeness (QED) is 0.613. The average Bonchev–Trinajstić information content (AvgIpc) is 2.47. The number of aliphatic hydroxyl groups excluding tert-OH is 2. The highest BCUT2D eigenvalue weighted by atomic mass is 16.5. The van der Waals surface area contributed by atoms with Gasteiger partial charge in [-0.2, -0.15) is 0 Å². The molecule has 0 aromatic heterocycles. The summed E-state index contributed by atoms with van der Waals surface area (Å²) in [7, 11) is 0. The van der Waals surface area contributed by atoms with Crippen LogP contribution >= 0.6 is 0 Å². The highest BCUT2D eigenvalue weighted by Crippen LogP contribution is 2.15. The first-order chi connectivity index (χ1) is 7.04. The molecule has 0 radical (unpaired) electrons. The van der Waals surface area contributed by atoms with Crippen molar-refractivity contribution in [2.75, 3.05) is 19.7 Å². The molecule has 1 unspecified atom stereocenters. The number of likely N-dealkylation sites (tertiary alicyclic amines) is 1. The minimum absolute atomic E-state index is 0.00384. The first-order valence-electron chi connectivity index (χ1n) is 5.30. The van der Waals surface area contributed by atoms with Crippen molar-refractivity contribution in [3.8, 4) is 0 Å². The van der Waals surface area contributed by atoms with Gasteiger partial charge in [-0.15, -0.1) is 0 Å². The number of esters is 1. The molecule has 0 amide bonds. The molecule has 0 spiro atoms. The molecule has 1 saturated heterocycles. The predicted molar refractivity (Wildman–Crippen MR) is 54.3 cm³/mol. The molecule has 0 bridgehead atoms. The monoisotopic (exact) mass is 217 g/mol. The lowest BCUT2D eigenvalue weighted by molar-refractivity contribution is -0.144. The van der Waals surface area contributed by atoms with Gasteiger partial charge >= 0.3 is 5.97 Å². The number of hydrogen-bond acceptors (Lipinski definition) is 5. The van der Waals surface area contributed by atoms with Crippen molar-refractivity contribution in [2.45, 2.75) is 38.5 Å². The molecular weight excluding hydrogens is 198 g/mol. The zero-order chi connectivity index (χ0) is 11.4. The van der Waals surface area contributed by atoms with Gasteiger partial charge in [0.15, 0.2) is 0 Å². The number of carbonyl (C=O) groups is 1. The van der Waals surface area contributed by atoms with Crippen LogP contribution in [0.3, 0.4) is 0 Å². The summed E-state index contributed by atoms with van der Waals surface area (Å²) in [5, 5.41) is 18.7. The van der Waals surface area contributed by atoms with Gasteiger partial charge in [-0.05, 0) is 13.8 Å². The Morgan fingerprint density at radius 1 is 1.47 bits per heavy atom. The van der Waals surface area contributed by atoms with Gasteiger partial charge in [0.2, 0.25) is 0 Å². The molecule has 5 heteroatoms. The lowest BCUT2D eigenvalue weighted by Crippen LogP contribution is -2.34. The maximum absolute atomic E-state index is 11.2. The summed E-state index contributed by atoms with van der Waals surface area (Å²) in [6.07, 6.45) is -1.10. The van der Waals surface area contributed by atoms with Crippen LogP contribution in [0.2, 0.25) is 0 Å². The normalized spacial score (nSPS) is 29.1. The van der Waals surface area contributed by atoms with E-state index in [0.29, 0.717) is 26.1 Å². The molecule has 2 N–H and O–H groups in total. The molecule has 0 saturated carbocycles. The summed E-state index contributed by atoms with van der Waals surface area (Å²) in [5.74, 6) is -0.235. The second kappa shape index (κ2) is 5.44. The lowest BCUT2D eigenvalue weighted by Gasteiger charge is -2.22. The molecule has 0 aromatic rings. The largest absolute Gasteiger partial charge is 0.466 e. The number of rotatable bonds is 4. The van der Waals surface area contributed by atoms with E-state index in [2.05, 4.69) is 0 Å². The van der Waals surface area contributed by atoms with Crippen molar-refractivity contribution in [1.82, 2.24) is 4.90 Å². The van der Waals surface area contributed by atoms with E-state index in [1.54, 1.807) is 6.92 Å². The fourth-order valence-electron chi connectivity index (χ4n) is 1.75. The molecule has 5 nitrogen and oxygen atoms in total. The van der Waals surface area contributed by atoms with Gasteiger partial charge in [-0.3, -0.25) is 9.69 Å². The molecule has 1 fully saturated rings. The summed E-state index contributed by atoms with van der Waals surface area (Å²) >= 11 is 0. The van der Waals surface area contributed by atoms with E-state index in [1.807, 2.05) is 11.8 Å². The van der Waals surface area contributed by atoms with Gasteiger partial charge in [0.05, 0.1) is 25.2 Å². The van der Waals surface area contributed by atoms with Gasteiger partial charge in [-0.1, -0.05) is 0 Å². The number of ether oxygens (including phenoxy) is 1. The van der Waals surface area contributed by atoms with Crippen molar-refractivity contribution < 1.29 is 19.7 Å². The molecule has 15 heavy (non-hydrogen) atoms. The molecular formula is C10H19NO4. The first kappa shape index (κ1) is 12.4.